The van der Waals surface area contributed by atoms with Crippen LogP contribution in [0.2, 0.25) is 11.3 Å². The van der Waals surface area contributed by atoms with Gasteiger partial charge in [-0.1, -0.05) is 66.5 Å². The molecule has 3 aromatic rings. The molecule has 0 bridgehead atoms. The summed E-state index contributed by atoms with van der Waals surface area (Å²) in [6, 6.07) is 22.4. The van der Waals surface area contributed by atoms with Gasteiger partial charge in [0, 0.05) is 36.8 Å². The van der Waals surface area contributed by atoms with Crippen molar-refractivity contribution in [1.29, 1.82) is 0 Å². The van der Waals surface area contributed by atoms with Gasteiger partial charge in [-0.25, -0.2) is 0 Å². The SMILES string of the molecule is C=CC.COCCC[B]/C(=N\S(=O)(=O)c1ccc(C(=O)SF)cc1)N1CCC(c2ccccc2)C(c2ccc(Cl)cc2)=N1. The van der Waals surface area contributed by atoms with Gasteiger partial charge in [0.2, 0.25) is 7.28 Å². The van der Waals surface area contributed by atoms with Crippen LogP contribution >= 0.6 is 23.7 Å². The van der Waals surface area contributed by atoms with E-state index in [1.54, 1.807) is 37.6 Å². The van der Waals surface area contributed by atoms with E-state index in [0.717, 1.165) is 16.8 Å². The molecule has 0 N–H and O–H groups in total. The molecule has 0 fully saturated rings. The van der Waals surface area contributed by atoms with Crippen LogP contribution < -0.4 is 0 Å². The van der Waals surface area contributed by atoms with E-state index in [1.165, 1.54) is 24.3 Å². The molecule has 0 aliphatic carbocycles. The number of sulfonamides is 1. The zero-order chi connectivity index (χ0) is 31.2. The van der Waals surface area contributed by atoms with Crippen LogP contribution in [0.4, 0.5) is 3.89 Å². The van der Waals surface area contributed by atoms with E-state index in [4.69, 9.17) is 21.4 Å². The lowest BCUT2D eigenvalue weighted by Gasteiger charge is -2.32. The first-order valence-corrected chi connectivity index (χ1v) is 16.1. The second kappa shape index (κ2) is 17.2. The standard InChI is InChI=1S/C28H27BClFN3O4S2.C3H6/c1-38-19-5-17-29-28(33-40(36,37)24-14-10-22(11-15-24)27(35)39-31)34-18-16-25(20-6-3-2-4-7-20)26(32-34)21-8-12-23(30)13-9-21;1-3-2/h2-4,6-15,25H,5,16-19H2,1H3;3H,1H2,2H3/b33-28+;. The van der Waals surface area contributed by atoms with Gasteiger partial charge in [0.05, 0.1) is 16.3 Å². The molecule has 3 aromatic carbocycles. The van der Waals surface area contributed by atoms with Gasteiger partial charge < -0.3 is 4.74 Å². The van der Waals surface area contributed by atoms with Gasteiger partial charge in [-0.3, -0.25) is 9.80 Å². The molecule has 43 heavy (non-hydrogen) atoms. The Morgan fingerprint density at radius 3 is 2.42 bits per heavy atom. The van der Waals surface area contributed by atoms with Crippen LogP contribution in [0.25, 0.3) is 0 Å². The third-order valence-corrected chi connectivity index (χ3v) is 8.27. The quantitative estimate of drug-likeness (QED) is 0.0755. The fourth-order valence-corrected chi connectivity index (χ4v) is 5.68. The highest BCUT2D eigenvalue weighted by molar-refractivity contribution is 8.09. The molecule has 1 radical (unpaired) electrons. The normalized spacial score (nSPS) is 15.2. The Hall–Kier alpha value is -3.25. The van der Waals surface area contributed by atoms with E-state index in [0.29, 0.717) is 37.3 Å². The van der Waals surface area contributed by atoms with Gasteiger partial charge >= 0.3 is 0 Å². The van der Waals surface area contributed by atoms with Crippen LogP contribution in [-0.2, 0) is 14.8 Å². The lowest BCUT2D eigenvalue weighted by molar-refractivity contribution is 0.108. The second-order valence-corrected chi connectivity index (χ2v) is 12.0. The number of carbonyl (C=O) groups excluding carboxylic acids is 1. The van der Waals surface area contributed by atoms with Crippen LogP contribution in [0.1, 0.15) is 47.2 Å². The predicted molar refractivity (Wildman–Crippen MR) is 176 cm³/mol. The maximum atomic E-state index is 13.3. The van der Waals surface area contributed by atoms with Crippen LogP contribution in [-0.4, -0.2) is 57.5 Å². The van der Waals surface area contributed by atoms with E-state index < -0.39 is 27.3 Å². The Morgan fingerprint density at radius 1 is 1.16 bits per heavy atom. The minimum atomic E-state index is -4.17. The first-order valence-electron chi connectivity index (χ1n) is 13.6. The van der Waals surface area contributed by atoms with E-state index >= 15 is 0 Å². The summed E-state index contributed by atoms with van der Waals surface area (Å²) in [5.41, 5.74) is 2.99. The number of hydrogen-bond acceptors (Lipinski definition) is 6. The lowest BCUT2D eigenvalue weighted by Crippen LogP contribution is -2.39. The van der Waals surface area contributed by atoms with Crippen molar-refractivity contribution in [2.45, 2.75) is 36.9 Å². The van der Waals surface area contributed by atoms with E-state index in [2.05, 4.69) is 23.1 Å². The van der Waals surface area contributed by atoms with Crippen LogP contribution in [0.3, 0.4) is 0 Å². The highest BCUT2D eigenvalue weighted by Crippen LogP contribution is 2.30. The van der Waals surface area contributed by atoms with Crippen molar-refractivity contribution in [2.24, 2.45) is 9.50 Å². The van der Waals surface area contributed by atoms with Gasteiger partial charge in [-0.2, -0.15) is 21.8 Å². The summed E-state index contributed by atoms with van der Waals surface area (Å²) in [5, 5.41) is 6.34. The number of hydrazone groups is 1. The number of ether oxygens (including phenoxy) is 1. The average Bonchev–Trinajstić information content (AvgIpc) is 3.03. The highest BCUT2D eigenvalue weighted by atomic mass is 35.5. The smallest absolute Gasteiger partial charge is 0.283 e. The molecule has 4 rings (SSSR count). The number of halogens is 2. The Labute approximate surface area is 263 Å². The minimum absolute atomic E-state index is 0.0107. The molecule has 1 atom stereocenters. The zero-order valence-electron chi connectivity index (χ0n) is 24.0. The topological polar surface area (TPSA) is 88.4 Å². The third kappa shape index (κ3) is 9.89. The Morgan fingerprint density at radius 2 is 1.81 bits per heavy atom. The molecular weight excluding hydrogens is 608 g/mol. The number of hydrogen-bond donors (Lipinski definition) is 0. The molecule has 1 aliphatic heterocycles. The van der Waals surface area contributed by atoms with Crippen molar-refractivity contribution in [1.82, 2.24) is 5.01 Å². The lowest BCUT2D eigenvalue weighted by atomic mass is 9.71. The molecule has 0 amide bonds. The van der Waals surface area contributed by atoms with Crippen molar-refractivity contribution in [3.63, 3.8) is 0 Å². The van der Waals surface area contributed by atoms with E-state index in [1.807, 2.05) is 37.3 Å². The molecule has 1 unspecified atom stereocenters. The molecule has 0 spiro atoms. The maximum absolute atomic E-state index is 13.3. The summed E-state index contributed by atoms with van der Waals surface area (Å²) >= 11 is 5.71. The van der Waals surface area contributed by atoms with Gasteiger partial charge in [0.15, 0.2) is 0 Å². The zero-order valence-corrected chi connectivity index (χ0v) is 26.4. The molecule has 0 saturated heterocycles. The highest BCUT2D eigenvalue weighted by Gasteiger charge is 2.29. The van der Waals surface area contributed by atoms with Gasteiger partial charge in [-0.05, 0) is 67.3 Å². The summed E-state index contributed by atoms with van der Waals surface area (Å²) < 4.78 is 48.6. The summed E-state index contributed by atoms with van der Waals surface area (Å²) in [7, 11) is -0.829. The van der Waals surface area contributed by atoms with E-state index in [9.17, 15) is 17.1 Å². The minimum Gasteiger partial charge on any atom is -0.385 e. The summed E-state index contributed by atoms with van der Waals surface area (Å²) in [4.78, 5) is 11.5. The number of allylic oxidation sites excluding steroid dienone is 1. The molecule has 1 heterocycles. The largest absolute Gasteiger partial charge is 0.385 e. The third-order valence-electron chi connectivity index (χ3n) is 6.35. The number of rotatable bonds is 10. The molecular formula is C31H33BClFN3O4S2. The molecule has 0 saturated carbocycles. The summed E-state index contributed by atoms with van der Waals surface area (Å²) in [6.45, 7) is 6.20. The Kier molecular flexibility index (Phi) is 13.7. The predicted octanol–water partition coefficient (Wildman–Crippen LogP) is 7.39. The van der Waals surface area contributed by atoms with Crippen LogP contribution in [0.15, 0.2) is 106 Å². The number of amidine groups is 1. The summed E-state index contributed by atoms with van der Waals surface area (Å²) in [6.07, 6.45) is 3.61. The monoisotopic (exact) mass is 640 g/mol. The van der Waals surface area contributed by atoms with Gasteiger partial charge in [-0.15, -0.1) is 6.58 Å². The van der Waals surface area contributed by atoms with Crippen molar-refractivity contribution < 1.29 is 21.8 Å². The average molecular weight is 641 g/mol. The first-order chi connectivity index (χ1) is 20.7. The fraction of sp³-hybridized carbons (Fsp3) is 0.258. The number of benzene rings is 3. The molecule has 0 aromatic heterocycles. The number of nitrogens with zero attached hydrogens (tertiary/aromatic N) is 3. The van der Waals surface area contributed by atoms with Crippen LogP contribution in [0.5, 0.6) is 0 Å². The molecule has 12 heteroatoms. The van der Waals surface area contributed by atoms with Crippen molar-refractivity contribution in [3.05, 3.63) is 113 Å². The molecule has 1 aliphatic rings. The molecule has 225 valence electrons. The number of carbonyl (C=O) groups is 1. The summed E-state index contributed by atoms with van der Waals surface area (Å²) in [5.74, 6) is -0.0107. The van der Waals surface area contributed by atoms with Crippen molar-refractivity contribution in [3.8, 4) is 0 Å². The van der Waals surface area contributed by atoms with Crippen molar-refractivity contribution >= 4 is 57.6 Å². The number of methoxy groups -OCH3 is 1. The Balaban J connectivity index is 0.00000162. The van der Waals surface area contributed by atoms with Gasteiger partial charge in [0.1, 0.15) is 12.1 Å². The molecule has 7 nitrogen and oxygen atoms in total. The second-order valence-electron chi connectivity index (χ2n) is 9.43. The Bertz CT molecular complexity index is 1520. The maximum Gasteiger partial charge on any atom is 0.283 e. The van der Waals surface area contributed by atoms with E-state index in [-0.39, 0.29) is 22.1 Å². The van der Waals surface area contributed by atoms with Crippen LogP contribution in [0, 0.1) is 0 Å². The fourth-order valence-electron chi connectivity index (χ4n) is 4.33. The van der Waals surface area contributed by atoms with Crippen molar-refractivity contribution in [2.75, 3.05) is 20.3 Å². The van der Waals surface area contributed by atoms with Gasteiger partial charge in [0.25, 0.3) is 15.1 Å². The first kappa shape index (κ1) is 34.2.